The molecule has 0 unspecified atom stereocenters. The summed E-state index contributed by atoms with van der Waals surface area (Å²) >= 11 is 0. The second-order valence-electron chi connectivity index (χ2n) is 5.12. The molecule has 1 heterocycles. The number of hydrogen-bond acceptors (Lipinski definition) is 3. The van der Waals surface area contributed by atoms with E-state index in [9.17, 15) is 18.8 Å². The van der Waals surface area contributed by atoms with Gasteiger partial charge >= 0.3 is 11.8 Å². The molecule has 6 nitrogen and oxygen atoms in total. The van der Waals surface area contributed by atoms with Gasteiger partial charge in [-0.05, 0) is 37.6 Å². The zero-order valence-electron chi connectivity index (χ0n) is 12.6. The number of nitrogens with one attached hydrogen (secondary N) is 1. The summed E-state index contributed by atoms with van der Waals surface area (Å²) in [5.41, 5.74) is 1.07. The molecule has 0 bridgehead atoms. The minimum absolute atomic E-state index is 0.195. The van der Waals surface area contributed by atoms with E-state index in [1.165, 1.54) is 28.0 Å². The van der Waals surface area contributed by atoms with Gasteiger partial charge in [0.2, 0.25) is 5.91 Å². The van der Waals surface area contributed by atoms with Crippen LogP contribution < -0.4 is 5.32 Å². The van der Waals surface area contributed by atoms with Crippen LogP contribution in [-0.2, 0) is 14.4 Å². The largest absolute Gasteiger partial charge is 0.333 e. The number of carbonyl (C=O) groups is 3. The van der Waals surface area contributed by atoms with E-state index in [1.54, 1.807) is 13.8 Å². The lowest BCUT2D eigenvalue weighted by atomic mass is 10.2. The molecule has 1 aromatic carbocycles. The van der Waals surface area contributed by atoms with Crippen LogP contribution in [0.3, 0.4) is 0 Å². The van der Waals surface area contributed by atoms with Gasteiger partial charge in [-0.3, -0.25) is 14.4 Å². The number of hydrogen-bond donors (Lipinski definition) is 1. The first-order chi connectivity index (χ1) is 10.4. The molecule has 118 valence electrons. The van der Waals surface area contributed by atoms with E-state index in [0.717, 1.165) is 0 Å². The Balaban J connectivity index is 1.97. The Morgan fingerprint density at radius 1 is 1.23 bits per heavy atom. The van der Waals surface area contributed by atoms with Gasteiger partial charge in [-0.1, -0.05) is 0 Å². The molecule has 0 atom stereocenters. The first kappa shape index (κ1) is 15.9. The van der Waals surface area contributed by atoms with Crippen LogP contribution in [0.25, 0.3) is 0 Å². The first-order valence-electron chi connectivity index (χ1n) is 7.06. The number of likely N-dealkylation sites (N-methyl/N-ethyl adjacent to an activating group) is 1. The summed E-state index contributed by atoms with van der Waals surface area (Å²) in [5, 5.41) is 2.62. The molecule has 2 rings (SSSR count). The van der Waals surface area contributed by atoms with E-state index in [4.69, 9.17) is 0 Å². The maximum absolute atomic E-state index is 13.0. The first-order valence-corrected chi connectivity index (χ1v) is 7.06. The zero-order chi connectivity index (χ0) is 16.3. The lowest BCUT2D eigenvalue weighted by molar-refractivity contribution is -0.156. The standard InChI is InChI=1S/C15H18FN3O3/c1-3-18-6-7-19(15(22)14(18)21)9-13(20)17-12-5-4-11(16)8-10(12)2/h4-5,8H,3,6-7,9H2,1-2H3,(H,17,20). The third-order valence-electron chi connectivity index (χ3n) is 3.58. The third-order valence-corrected chi connectivity index (χ3v) is 3.58. The van der Waals surface area contributed by atoms with E-state index < -0.39 is 17.7 Å². The van der Waals surface area contributed by atoms with Crippen LogP contribution in [0.15, 0.2) is 18.2 Å². The van der Waals surface area contributed by atoms with Crippen LogP contribution >= 0.6 is 0 Å². The molecule has 1 N–H and O–H groups in total. The molecular weight excluding hydrogens is 289 g/mol. The normalized spacial score (nSPS) is 15.2. The van der Waals surface area contributed by atoms with E-state index in [2.05, 4.69) is 5.32 Å². The highest BCUT2D eigenvalue weighted by Crippen LogP contribution is 2.15. The highest BCUT2D eigenvalue weighted by molar-refractivity contribution is 6.35. The van der Waals surface area contributed by atoms with Crippen LogP contribution in [0.2, 0.25) is 0 Å². The van der Waals surface area contributed by atoms with Gasteiger partial charge in [0, 0.05) is 25.3 Å². The molecule has 1 saturated heterocycles. The van der Waals surface area contributed by atoms with Crippen LogP contribution in [0.5, 0.6) is 0 Å². The summed E-state index contributed by atoms with van der Waals surface area (Å²) in [6.07, 6.45) is 0. The highest BCUT2D eigenvalue weighted by atomic mass is 19.1. The average Bonchev–Trinajstić information content (AvgIpc) is 2.47. The Morgan fingerprint density at radius 2 is 1.86 bits per heavy atom. The third kappa shape index (κ3) is 3.41. The van der Waals surface area contributed by atoms with Crippen molar-refractivity contribution in [3.05, 3.63) is 29.6 Å². The molecule has 22 heavy (non-hydrogen) atoms. The highest BCUT2D eigenvalue weighted by Gasteiger charge is 2.32. The molecule has 3 amide bonds. The number of rotatable bonds is 4. The number of anilines is 1. The predicted octanol–water partition coefficient (Wildman–Crippen LogP) is 0.763. The molecule has 7 heteroatoms. The number of nitrogens with zero attached hydrogens (tertiary/aromatic N) is 2. The molecule has 0 saturated carbocycles. The van der Waals surface area contributed by atoms with Crippen LogP contribution in [-0.4, -0.2) is 53.7 Å². The summed E-state index contributed by atoms with van der Waals surface area (Å²) in [4.78, 5) is 38.3. The minimum Gasteiger partial charge on any atom is -0.333 e. The van der Waals surface area contributed by atoms with Crippen molar-refractivity contribution in [1.29, 1.82) is 0 Å². The lowest BCUT2D eigenvalue weighted by Gasteiger charge is -2.32. The number of halogens is 1. The van der Waals surface area contributed by atoms with E-state index in [1.807, 2.05) is 0 Å². The van der Waals surface area contributed by atoms with E-state index in [0.29, 0.717) is 30.9 Å². The number of piperazine rings is 1. The smallest absolute Gasteiger partial charge is 0.312 e. The number of aryl methyl sites for hydroxylation is 1. The quantitative estimate of drug-likeness (QED) is 0.835. The SMILES string of the molecule is CCN1CCN(CC(=O)Nc2ccc(F)cc2C)C(=O)C1=O. The molecule has 0 spiro atoms. The Kier molecular flexibility index (Phi) is 4.75. The van der Waals surface area contributed by atoms with Crippen molar-refractivity contribution in [3.63, 3.8) is 0 Å². The lowest BCUT2D eigenvalue weighted by Crippen LogP contribution is -2.55. The van der Waals surface area contributed by atoms with Gasteiger partial charge in [0.15, 0.2) is 0 Å². The van der Waals surface area contributed by atoms with Crippen LogP contribution in [0.1, 0.15) is 12.5 Å². The fraction of sp³-hybridized carbons (Fsp3) is 0.400. The second-order valence-corrected chi connectivity index (χ2v) is 5.12. The molecule has 1 aliphatic heterocycles. The molecule has 1 aromatic rings. The zero-order valence-corrected chi connectivity index (χ0v) is 12.6. The van der Waals surface area contributed by atoms with E-state index >= 15 is 0 Å². The Bertz CT molecular complexity index is 618. The van der Waals surface area contributed by atoms with Gasteiger partial charge in [0.1, 0.15) is 12.4 Å². The van der Waals surface area contributed by atoms with Crippen molar-refractivity contribution in [2.75, 3.05) is 31.5 Å². The summed E-state index contributed by atoms with van der Waals surface area (Å²) in [6, 6.07) is 4.02. The number of amides is 3. The fourth-order valence-electron chi connectivity index (χ4n) is 2.30. The fourth-order valence-corrected chi connectivity index (χ4v) is 2.30. The van der Waals surface area contributed by atoms with Gasteiger partial charge in [-0.25, -0.2) is 4.39 Å². The minimum atomic E-state index is -0.668. The predicted molar refractivity (Wildman–Crippen MR) is 78.6 cm³/mol. The number of carbonyl (C=O) groups excluding carboxylic acids is 3. The maximum Gasteiger partial charge on any atom is 0.312 e. The Hall–Kier alpha value is -2.44. The summed E-state index contributed by atoms with van der Waals surface area (Å²) in [6.45, 7) is 4.49. The summed E-state index contributed by atoms with van der Waals surface area (Å²) in [5.74, 6) is -2.05. The van der Waals surface area contributed by atoms with Crippen LogP contribution in [0.4, 0.5) is 10.1 Å². The second kappa shape index (κ2) is 6.55. The van der Waals surface area contributed by atoms with Gasteiger partial charge in [-0.15, -0.1) is 0 Å². The Labute approximate surface area is 127 Å². The molecule has 0 radical (unpaired) electrons. The van der Waals surface area contributed by atoms with Crippen molar-refractivity contribution < 1.29 is 18.8 Å². The van der Waals surface area contributed by atoms with Gasteiger partial charge in [0.05, 0.1) is 0 Å². The number of benzene rings is 1. The molecule has 0 aliphatic carbocycles. The van der Waals surface area contributed by atoms with Gasteiger partial charge in [-0.2, -0.15) is 0 Å². The summed E-state index contributed by atoms with van der Waals surface area (Å²) < 4.78 is 13.0. The van der Waals surface area contributed by atoms with E-state index in [-0.39, 0.29) is 12.4 Å². The van der Waals surface area contributed by atoms with Crippen molar-refractivity contribution >= 4 is 23.4 Å². The van der Waals surface area contributed by atoms with Gasteiger partial charge in [0.25, 0.3) is 0 Å². The summed E-state index contributed by atoms with van der Waals surface area (Å²) in [7, 11) is 0. The van der Waals surface area contributed by atoms with Crippen molar-refractivity contribution in [2.45, 2.75) is 13.8 Å². The molecule has 0 aromatic heterocycles. The van der Waals surface area contributed by atoms with Crippen molar-refractivity contribution in [3.8, 4) is 0 Å². The molecular formula is C15H18FN3O3. The monoisotopic (exact) mass is 307 g/mol. The van der Waals surface area contributed by atoms with Crippen molar-refractivity contribution in [2.24, 2.45) is 0 Å². The molecule has 1 fully saturated rings. The maximum atomic E-state index is 13.0. The molecule has 1 aliphatic rings. The average molecular weight is 307 g/mol. The van der Waals surface area contributed by atoms with Gasteiger partial charge < -0.3 is 15.1 Å². The van der Waals surface area contributed by atoms with Crippen molar-refractivity contribution in [1.82, 2.24) is 9.80 Å². The topological polar surface area (TPSA) is 69.7 Å². The van der Waals surface area contributed by atoms with Crippen LogP contribution in [0, 0.1) is 12.7 Å². The Morgan fingerprint density at radius 3 is 2.50 bits per heavy atom.